The van der Waals surface area contributed by atoms with E-state index in [1.165, 1.54) is 24.0 Å². The molecule has 0 heterocycles. The van der Waals surface area contributed by atoms with Crippen LogP contribution in [0, 0.1) is 19.3 Å². The average Bonchev–Trinajstić information content (AvgIpc) is 2.33. The summed E-state index contributed by atoms with van der Waals surface area (Å²) in [6, 6.07) is 9.82. The molecule has 18 heavy (non-hydrogen) atoms. The average molecular weight is 241 g/mol. The highest BCUT2D eigenvalue weighted by Gasteiger charge is 2.30. The number of benzene rings is 1. The number of hydrogen-bond donors (Lipinski definition) is 1. The van der Waals surface area contributed by atoms with Crippen LogP contribution in [0.2, 0.25) is 0 Å². The highest BCUT2D eigenvalue weighted by atomic mass is 15.0. The van der Waals surface area contributed by atoms with Crippen molar-refractivity contribution in [1.82, 2.24) is 5.32 Å². The van der Waals surface area contributed by atoms with Crippen molar-refractivity contribution >= 4 is 0 Å². The van der Waals surface area contributed by atoms with Crippen LogP contribution in [0.4, 0.5) is 0 Å². The lowest BCUT2D eigenvalue weighted by Crippen LogP contribution is -2.45. The molecule has 0 aliphatic heterocycles. The van der Waals surface area contributed by atoms with E-state index in [9.17, 15) is 0 Å². The zero-order chi connectivity index (χ0) is 13.0. The molecule has 0 aromatic heterocycles. The Balaban J connectivity index is 1.80. The molecule has 1 atom stereocenters. The smallest absolute Gasteiger partial charge is 0.0688 e. The second kappa shape index (κ2) is 6.07. The third-order valence-corrected chi connectivity index (χ3v) is 3.90. The molecular formula is C17H23N. The SMILES string of the molecule is C#CC(CCC)NC1CC(c2ccc(C)cc2)C1. The summed E-state index contributed by atoms with van der Waals surface area (Å²) in [5.74, 6) is 3.58. The molecule has 0 amide bonds. The van der Waals surface area contributed by atoms with E-state index < -0.39 is 0 Å². The van der Waals surface area contributed by atoms with Gasteiger partial charge in [0.1, 0.15) is 0 Å². The Kier molecular flexibility index (Phi) is 4.44. The Bertz CT molecular complexity index is 406. The van der Waals surface area contributed by atoms with Crippen molar-refractivity contribution in [1.29, 1.82) is 0 Å². The largest absolute Gasteiger partial charge is 0.301 e. The van der Waals surface area contributed by atoms with Crippen molar-refractivity contribution in [2.75, 3.05) is 0 Å². The molecule has 2 rings (SSSR count). The van der Waals surface area contributed by atoms with E-state index in [1.54, 1.807) is 0 Å². The molecule has 1 unspecified atom stereocenters. The predicted molar refractivity (Wildman–Crippen MR) is 77.6 cm³/mol. The van der Waals surface area contributed by atoms with Crippen molar-refractivity contribution in [3.8, 4) is 12.3 Å². The minimum atomic E-state index is 0.263. The molecule has 1 aromatic carbocycles. The van der Waals surface area contributed by atoms with Gasteiger partial charge in [0, 0.05) is 6.04 Å². The molecule has 1 nitrogen and oxygen atoms in total. The van der Waals surface area contributed by atoms with E-state index in [0.717, 1.165) is 18.8 Å². The summed E-state index contributed by atoms with van der Waals surface area (Å²) in [6.45, 7) is 4.32. The van der Waals surface area contributed by atoms with Crippen LogP contribution in [-0.2, 0) is 0 Å². The van der Waals surface area contributed by atoms with E-state index in [1.807, 2.05) is 0 Å². The number of hydrogen-bond acceptors (Lipinski definition) is 1. The second-order valence-electron chi connectivity index (χ2n) is 5.45. The zero-order valence-corrected chi connectivity index (χ0v) is 11.4. The lowest BCUT2D eigenvalue weighted by Gasteiger charge is -2.38. The molecule has 1 heteroatoms. The number of rotatable bonds is 5. The fourth-order valence-electron chi connectivity index (χ4n) is 2.65. The molecule has 1 N–H and O–H groups in total. The molecule has 0 saturated heterocycles. The maximum Gasteiger partial charge on any atom is 0.0688 e. The van der Waals surface area contributed by atoms with Gasteiger partial charge in [-0.3, -0.25) is 0 Å². The summed E-state index contributed by atoms with van der Waals surface area (Å²) in [4.78, 5) is 0. The zero-order valence-electron chi connectivity index (χ0n) is 11.4. The first-order valence-corrected chi connectivity index (χ1v) is 7.01. The first-order chi connectivity index (χ1) is 8.72. The summed E-state index contributed by atoms with van der Waals surface area (Å²) >= 11 is 0. The van der Waals surface area contributed by atoms with Gasteiger partial charge in [-0.2, -0.15) is 0 Å². The lowest BCUT2D eigenvalue weighted by atomic mass is 9.75. The Morgan fingerprint density at radius 1 is 1.33 bits per heavy atom. The van der Waals surface area contributed by atoms with Gasteiger partial charge < -0.3 is 5.32 Å². The fraction of sp³-hybridized carbons (Fsp3) is 0.529. The highest BCUT2D eigenvalue weighted by molar-refractivity contribution is 5.27. The van der Waals surface area contributed by atoms with Gasteiger partial charge in [-0.05, 0) is 37.7 Å². The Labute approximate surface area is 111 Å². The maximum absolute atomic E-state index is 5.54. The van der Waals surface area contributed by atoms with Crippen LogP contribution in [0.5, 0.6) is 0 Å². The summed E-state index contributed by atoms with van der Waals surface area (Å²) in [6.07, 6.45) is 10.2. The van der Waals surface area contributed by atoms with Crippen LogP contribution in [0.25, 0.3) is 0 Å². The Hall–Kier alpha value is -1.26. The molecule has 1 fully saturated rings. The molecular weight excluding hydrogens is 218 g/mol. The van der Waals surface area contributed by atoms with Crippen LogP contribution >= 0.6 is 0 Å². The first kappa shape index (κ1) is 13.2. The van der Waals surface area contributed by atoms with Gasteiger partial charge in [-0.25, -0.2) is 0 Å². The third-order valence-electron chi connectivity index (χ3n) is 3.90. The Morgan fingerprint density at radius 3 is 2.56 bits per heavy atom. The predicted octanol–water partition coefficient (Wildman–Crippen LogP) is 3.63. The van der Waals surface area contributed by atoms with Crippen molar-refractivity contribution in [3.05, 3.63) is 35.4 Å². The number of nitrogens with one attached hydrogen (secondary N) is 1. The fourth-order valence-corrected chi connectivity index (χ4v) is 2.65. The van der Waals surface area contributed by atoms with Crippen molar-refractivity contribution in [2.45, 2.75) is 57.5 Å². The van der Waals surface area contributed by atoms with E-state index >= 15 is 0 Å². The lowest BCUT2D eigenvalue weighted by molar-refractivity contribution is 0.276. The normalized spacial score (nSPS) is 24.1. The number of aryl methyl sites for hydroxylation is 1. The van der Waals surface area contributed by atoms with Crippen LogP contribution in [0.1, 0.15) is 49.7 Å². The number of terminal acetylenes is 1. The molecule has 1 saturated carbocycles. The van der Waals surface area contributed by atoms with Crippen LogP contribution < -0.4 is 5.32 Å². The van der Waals surface area contributed by atoms with E-state index in [2.05, 4.69) is 49.4 Å². The van der Waals surface area contributed by atoms with Gasteiger partial charge in [0.25, 0.3) is 0 Å². The van der Waals surface area contributed by atoms with Crippen LogP contribution in [0.15, 0.2) is 24.3 Å². The standard InChI is InChI=1S/C17H23N/c1-4-6-16(5-2)18-17-11-15(12-17)14-9-7-13(3)8-10-14/h2,7-10,15-18H,4,6,11-12H2,1,3H3. The van der Waals surface area contributed by atoms with E-state index in [0.29, 0.717) is 6.04 Å². The maximum atomic E-state index is 5.54. The quantitative estimate of drug-likeness (QED) is 0.776. The van der Waals surface area contributed by atoms with Crippen LogP contribution in [-0.4, -0.2) is 12.1 Å². The minimum Gasteiger partial charge on any atom is -0.301 e. The van der Waals surface area contributed by atoms with Gasteiger partial charge in [0.15, 0.2) is 0 Å². The topological polar surface area (TPSA) is 12.0 Å². The molecule has 96 valence electrons. The third kappa shape index (κ3) is 3.15. The van der Waals surface area contributed by atoms with Gasteiger partial charge in [-0.1, -0.05) is 49.1 Å². The molecule has 0 bridgehead atoms. The summed E-state index contributed by atoms with van der Waals surface area (Å²) in [5, 5.41) is 3.58. The van der Waals surface area contributed by atoms with Crippen molar-refractivity contribution in [2.24, 2.45) is 0 Å². The molecule has 1 aliphatic rings. The molecule has 1 aliphatic carbocycles. The first-order valence-electron chi connectivity index (χ1n) is 7.01. The minimum absolute atomic E-state index is 0.263. The summed E-state index contributed by atoms with van der Waals surface area (Å²) < 4.78 is 0. The van der Waals surface area contributed by atoms with Crippen molar-refractivity contribution < 1.29 is 0 Å². The van der Waals surface area contributed by atoms with Gasteiger partial charge in [-0.15, -0.1) is 6.42 Å². The Morgan fingerprint density at radius 2 is 2.00 bits per heavy atom. The van der Waals surface area contributed by atoms with Gasteiger partial charge in [0.2, 0.25) is 0 Å². The van der Waals surface area contributed by atoms with E-state index in [4.69, 9.17) is 6.42 Å². The second-order valence-corrected chi connectivity index (χ2v) is 5.45. The molecule has 1 aromatic rings. The van der Waals surface area contributed by atoms with E-state index in [-0.39, 0.29) is 6.04 Å². The van der Waals surface area contributed by atoms with Gasteiger partial charge >= 0.3 is 0 Å². The van der Waals surface area contributed by atoms with Crippen molar-refractivity contribution in [3.63, 3.8) is 0 Å². The molecule has 0 spiro atoms. The van der Waals surface area contributed by atoms with Gasteiger partial charge in [0.05, 0.1) is 6.04 Å². The highest BCUT2D eigenvalue weighted by Crippen LogP contribution is 2.37. The van der Waals surface area contributed by atoms with Crippen LogP contribution in [0.3, 0.4) is 0 Å². The summed E-state index contributed by atoms with van der Waals surface area (Å²) in [5.41, 5.74) is 2.81. The molecule has 0 radical (unpaired) electrons. The monoisotopic (exact) mass is 241 g/mol. The summed E-state index contributed by atoms with van der Waals surface area (Å²) in [7, 11) is 0.